The van der Waals surface area contributed by atoms with E-state index in [9.17, 15) is 0 Å². The van der Waals surface area contributed by atoms with E-state index in [4.69, 9.17) is 0 Å². The number of rotatable bonds is 2. The molecule has 0 amide bonds. The van der Waals surface area contributed by atoms with E-state index in [0.717, 1.165) is 0 Å². The summed E-state index contributed by atoms with van der Waals surface area (Å²) >= 11 is 0. The van der Waals surface area contributed by atoms with Gasteiger partial charge in [-0.2, -0.15) is 0 Å². The molecule has 0 radical (unpaired) electrons. The molecule has 0 aromatic carbocycles. The molecule has 2 heterocycles. The van der Waals surface area contributed by atoms with Gasteiger partial charge in [-0.05, 0) is 58.2 Å². The van der Waals surface area contributed by atoms with Crippen molar-refractivity contribution in [2.24, 2.45) is 5.41 Å². The van der Waals surface area contributed by atoms with Crippen molar-refractivity contribution in [3.63, 3.8) is 0 Å². The lowest BCUT2D eigenvalue weighted by atomic mass is 9.79. The summed E-state index contributed by atoms with van der Waals surface area (Å²) in [6.45, 7) is 11.3. The molecule has 0 aromatic heterocycles. The molecule has 0 aromatic rings. The first kappa shape index (κ1) is 14.8. The Morgan fingerprint density at radius 3 is 2.40 bits per heavy atom. The van der Waals surface area contributed by atoms with Crippen molar-refractivity contribution in [3.05, 3.63) is 0 Å². The Balaban J connectivity index is 1.63. The molecule has 1 saturated carbocycles. The highest BCUT2D eigenvalue weighted by Crippen LogP contribution is 2.37. The summed E-state index contributed by atoms with van der Waals surface area (Å²) in [6.07, 6.45) is 8.39. The maximum Gasteiger partial charge on any atom is 0.0309 e. The number of piperidine rings is 1. The minimum atomic E-state index is 0.467. The number of nitrogens with zero attached hydrogens (tertiary/aromatic N) is 2. The largest absolute Gasteiger partial charge is 0.308 e. The van der Waals surface area contributed by atoms with Crippen LogP contribution < -0.4 is 5.32 Å². The molecule has 1 N–H and O–H groups in total. The zero-order valence-corrected chi connectivity index (χ0v) is 13.7. The summed E-state index contributed by atoms with van der Waals surface area (Å²) in [6, 6.07) is 0.706. The lowest BCUT2D eigenvalue weighted by Crippen LogP contribution is -2.64. The van der Waals surface area contributed by atoms with E-state index in [0.29, 0.717) is 17.0 Å². The van der Waals surface area contributed by atoms with E-state index in [1.807, 2.05) is 0 Å². The Morgan fingerprint density at radius 2 is 1.75 bits per heavy atom. The van der Waals surface area contributed by atoms with Crippen LogP contribution in [0.15, 0.2) is 0 Å². The Morgan fingerprint density at radius 1 is 1.10 bits per heavy atom. The minimum absolute atomic E-state index is 0.467. The van der Waals surface area contributed by atoms with E-state index in [1.54, 1.807) is 0 Å². The van der Waals surface area contributed by atoms with Gasteiger partial charge in [0, 0.05) is 31.2 Å². The topological polar surface area (TPSA) is 18.5 Å². The van der Waals surface area contributed by atoms with Crippen molar-refractivity contribution in [2.45, 2.75) is 64.0 Å². The van der Waals surface area contributed by atoms with E-state index in [1.165, 1.54) is 71.2 Å². The first-order valence-corrected chi connectivity index (χ1v) is 8.68. The van der Waals surface area contributed by atoms with E-state index >= 15 is 0 Å². The molecular formula is C17H33N3. The summed E-state index contributed by atoms with van der Waals surface area (Å²) in [5.74, 6) is 0. The summed E-state index contributed by atoms with van der Waals surface area (Å²) in [5.41, 5.74) is 1.01. The number of nitrogens with one attached hydrogen (secondary N) is 1. The molecule has 1 atom stereocenters. The van der Waals surface area contributed by atoms with Crippen molar-refractivity contribution in [1.29, 1.82) is 0 Å². The SMILES string of the molecule is CC1CNC2(CCCC2)CN1CC1(C)CCN(C)CC1. The predicted octanol–water partition coefficient (Wildman–Crippen LogP) is 2.32. The Labute approximate surface area is 125 Å². The third-order valence-corrected chi connectivity index (χ3v) is 6.24. The monoisotopic (exact) mass is 279 g/mol. The molecule has 3 nitrogen and oxygen atoms in total. The zero-order valence-electron chi connectivity index (χ0n) is 13.7. The van der Waals surface area contributed by atoms with Gasteiger partial charge in [-0.15, -0.1) is 0 Å². The van der Waals surface area contributed by atoms with Crippen molar-refractivity contribution >= 4 is 0 Å². The lowest BCUT2D eigenvalue weighted by Gasteiger charge is -2.49. The third kappa shape index (κ3) is 3.05. The highest BCUT2D eigenvalue weighted by molar-refractivity contribution is 5.01. The fourth-order valence-corrected chi connectivity index (χ4v) is 4.50. The number of piperazine rings is 1. The van der Waals surface area contributed by atoms with Gasteiger partial charge in [0.25, 0.3) is 0 Å². The number of hydrogen-bond acceptors (Lipinski definition) is 3. The quantitative estimate of drug-likeness (QED) is 0.837. The lowest BCUT2D eigenvalue weighted by molar-refractivity contribution is 0.0256. The second-order valence-corrected chi connectivity index (χ2v) is 8.24. The molecular weight excluding hydrogens is 246 g/mol. The van der Waals surface area contributed by atoms with Crippen LogP contribution in [0.3, 0.4) is 0 Å². The van der Waals surface area contributed by atoms with Gasteiger partial charge in [0.15, 0.2) is 0 Å². The highest BCUT2D eigenvalue weighted by Gasteiger charge is 2.42. The molecule has 2 saturated heterocycles. The summed E-state index contributed by atoms with van der Waals surface area (Å²) < 4.78 is 0. The molecule has 3 rings (SSSR count). The minimum Gasteiger partial charge on any atom is -0.308 e. The summed E-state index contributed by atoms with van der Waals surface area (Å²) in [5, 5.41) is 3.88. The molecule has 20 heavy (non-hydrogen) atoms. The Bertz CT molecular complexity index is 327. The van der Waals surface area contributed by atoms with Gasteiger partial charge in [0.1, 0.15) is 0 Å². The third-order valence-electron chi connectivity index (χ3n) is 6.24. The van der Waals surface area contributed by atoms with Gasteiger partial charge >= 0.3 is 0 Å². The maximum absolute atomic E-state index is 3.88. The van der Waals surface area contributed by atoms with Crippen LogP contribution in [0.25, 0.3) is 0 Å². The molecule has 3 aliphatic rings. The van der Waals surface area contributed by atoms with Crippen LogP contribution in [0.2, 0.25) is 0 Å². The van der Waals surface area contributed by atoms with Crippen molar-refractivity contribution in [2.75, 3.05) is 39.8 Å². The summed E-state index contributed by atoms with van der Waals surface area (Å²) in [7, 11) is 2.26. The Hall–Kier alpha value is -0.120. The average Bonchev–Trinajstić information content (AvgIpc) is 2.87. The molecule has 1 aliphatic carbocycles. The highest BCUT2D eigenvalue weighted by atomic mass is 15.3. The molecule has 0 bridgehead atoms. The first-order chi connectivity index (χ1) is 9.50. The van der Waals surface area contributed by atoms with Crippen LogP contribution in [0.5, 0.6) is 0 Å². The van der Waals surface area contributed by atoms with Gasteiger partial charge in [0.2, 0.25) is 0 Å². The normalized spacial score (nSPS) is 34.6. The van der Waals surface area contributed by atoms with Gasteiger partial charge in [0.05, 0.1) is 0 Å². The standard InChI is InChI=1S/C17H33N3/c1-15-12-18-17(6-4-5-7-17)14-20(15)13-16(2)8-10-19(3)11-9-16/h15,18H,4-14H2,1-3H3. The Kier molecular flexibility index (Phi) is 4.13. The molecule has 1 spiro atoms. The second kappa shape index (κ2) is 5.58. The smallest absolute Gasteiger partial charge is 0.0309 e. The van der Waals surface area contributed by atoms with Crippen molar-refractivity contribution in [3.8, 4) is 0 Å². The molecule has 2 aliphatic heterocycles. The van der Waals surface area contributed by atoms with Crippen LogP contribution >= 0.6 is 0 Å². The van der Waals surface area contributed by atoms with Gasteiger partial charge in [-0.25, -0.2) is 0 Å². The van der Waals surface area contributed by atoms with Gasteiger partial charge < -0.3 is 10.2 Å². The number of hydrogen-bond donors (Lipinski definition) is 1. The zero-order chi connectivity index (χ0) is 14.2. The summed E-state index contributed by atoms with van der Waals surface area (Å²) in [4.78, 5) is 5.30. The molecule has 3 fully saturated rings. The molecule has 116 valence electrons. The molecule has 3 heteroatoms. The van der Waals surface area contributed by atoms with Gasteiger partial charge in [-0.1, -0.05) is 19.8 Å². The van der Waals surface area contributed by atoms with E-state index in [2.05, 4.69) is 36.0 Å². The second-order valence-electron chi connectivity index (χ2n) is 8.24. The average molecular weight is 279 g/mol. The first-order valence-electron chi connectivity index (χ1n) is 8.68. The van der Waals surface area contributed by atoms with Gasteiger partial charge in [-0.3, -0.25) is 4.90 Å². The fraction of sp³-hybridized carbons (Fsp3) is 1.00. The van der Waals surface area contributed by atoms with Crippen LogP contribution in [-0.4, -0.2) is 61.2 Å². The number of likely N-dealkylation sites (tertiary alicyclic amines) is 1. The van der Waals surface area contributed by atoms with E-state index in [-0.39, 0.29) is 0 Å². The van der Waals surface area contributed by atoms with Crippen molar-refractivity contribution in [1.82, 2.24) is 15.1 Å². The predicted molar refractivity (Wildman–Crippen MR) is 85.1 cm³/mol. The fourth-order valence-electron chi connectivity index (χ4n) is 4.50. The molecule has 1 unspecified atom stereocenters. The van der Waals surface area contributed by atoms with Crippen LogP contribution in [0, 0.1) is 5.41 Å². The van der Waals surface area contributed by atoms with E-state index < -0.39 is 0 Å². The van der Waals surface area contributed by atoms with Crippen molar-refractivity contribution < 1.29 is 0 Å². The maximum atomic E-state index is 3.88. The van der Waals surface area contributed by atoms with Crippen LogP contribution in [0.1, 0.15) is 52.4 Å². The van der Waals surface area contributed by atoms with Crippen LogP contribution in [-0.2, 0) is 0 Å². The van der Waals surface area contributed by atoms with Crippen LogP contribution in [0.4, 0.5) is 0 Å².